The zero-order chi connectivity index (χ0) is 23.7. The maximum Gasteiger partial charge on any atom is 0.264 e. The Morgan fingerprint density at radius 1 is 1.03 bits per heavy atom. The number of nitrogens with one attached hydrogen (secondary N) is 1. The Labute approximate surface area is 202 Å². The number of hydrogen-bond acceptors (Lipinski definition) is 5. The van der Waals surface area contributed by atoms with Crippen molar-refractivity contribution in [3.63, 3.8) is 0 Å². The van der Waals surface area contributed by atoms with E-state index in [1.165, 1.54) is 11.8 Å². The third kappa shape index (κ3) is 4.39. The fraction of sp³-hybridized carbons (Fsp3) is 0.185. The molecule has 1 unspecified atom stereocenters. The summed E-state index contributed by atoms with van der Waals surface area (Å²) < 4.78 is 11.2. The molecular weight excluding hydrogens is 448 g/mol. The fourth-order valence-corrected chi connectivity index (χ4v) is 5.02. The molecule has 0 spiro atoms. The Morgan fingerprint density at radius 2 is 1.79 bits per heavy atom. The van der Waals surface area contributed by atoms with Crippen molar-refractivity contribution < 1.29 is 19.1 Å². The number of rotatable bonds is 4. The van der Waals surface area contributed by atoms with Crippen LogP contribution in [0.4, 0.5) is 5.69 Å². The van der Waals surface area contributed by atoms with E-state index in [1.54, 1.807) is 24.1 Å². The predicted octanol–water partition coefficient (Wildman–Crippen LogP) is 5.06. The molecule has 2 aliphatic rings. The highest BCUT2D eigenvalue weighted by Crippen LogP contribution is 2.42. The Morgan fingerprint density at radius 3 is 2.59 bits per heavy atom. The summed E-state index contributed by atoms with van der Waals surface area (Å²) in [6.07, 6.45) is 1.89. The molecule has 0 radical (unpaired) electrons. The number of benzene rings is 3. The third-order valence-electron chi connectivity index (χ3n) is 5.83. The van der Waals surface area contributed by atoms with Gasteiger partial charge in [0.05, 0.1) is 16.6 Å². The van der Waals surface area contributed by atoms with Crippen molar-refractivity contribution >= 4 is 35.3 Å². The molecule has 172 valence electrons. The van der Waals surface area contributed by atoms with E-state index in [0.717, 1.165) is 21.7 Å². The van der Waals surface area contributed by atoms with Crippen LogP contribution in [0.3, 0.4) is 0 Å². The van der Waals surface area contributed by atoms with Crippen LogP contribution in [0.5, 0.6) is 11.5 Å². The average molecular weight is 473 g/mol. The van der Waals surface area contributed by atoms with Gasteiger partial charge in [0.25, 0.3) is 11.8 Å². The highest BCUT2D eigenvalue weighted by molar-refractivity contribution is 8.04. The van der Waals surface area contributed by atoms with E-state index >= 15 is 0 Å². The molecule has 0 saturated heterocycles. The molecule has 34 heavy (non-hydrogen) atoms. The van der Waals surface area contributed by atoms with Crippen molar-refractivity contribution in [2.24, 2.45) is 0 Å². The van der Waals surface area contributed by atoms with Crippen molar-refractivity contribution in [1.29, 1.82) is 0 Å². The maximum absolute atomic E-state index is 13.0. The predicted molar refractivity (Wildman–Crippen MR) is 133 cm³/mol. The standard InChI is InChI=1S/C27H24N2O4S/c1-17(19-8-10-22-23(16-19)33-13-12-32-22)28-26(30)20-9-11-24-21(15-20)29(2)27(31)25(34-24)14-18-6-4-3-5-7-18/h3-11,14-17H,12-13H2,1-2H3,(H,28,30)/b25-14+. The largest absolute Gasteiger partial charge is 0.486 e. The van der Waals surface area contributed by atoms with Crippen LogP contribution in [0.1, 0.15) is 34.5 Å². The first-order chi connectivity index (χ1) is 16.5. The summed E-state index contributed by atoms with van der Waals surface area (Å²) in [6.45, 7) is 2.97. The lowest BCUT2D eigenvalue weighted by molar-refractivity contribution is -0.114. The second-order valence-corrected chi connectivity index (χ2v) is 9.25. The fourth-order valence-electron chi connectivity index (χ4n) is 3.93. The summed E-state index contributed by atoms with van der Waals surface area (Å²) in [5, 5.41) is 3.04. The van der Waals surface area contributed by atoms with Gasteiger partial charge in [-0.1, -0.05) is 48.2 Å². The lowest BCUT2D eigenvalue weighted by Gasteiger charge is -2.27. The van der Waals surface area contributed by atoms with Crippen molar-refractivity contribution in [2.45, 2.75) is 17.9 Å². The second kappa shape index (κ2) is 9.27. The van der Waals surface area contributed by atoms with Gasteiger partial charge in [0, 0.05) is 17.5 Å². The Bertz CT molecular complexity index is 1290. The topological polar surface area (TPSA) is 67.9 Å². The molecule has 0 bridgehead atoms. The lowest BCUT2D eigenvalue weighted by Crippen LogP contribution is -2.31. The number of nitrogens with zero attached hydrogens (tertiary/aromatic N) is 1. The van der Waals surface area contributed by atoms with Gasteiger partial charge in [-0.25, -0.2) is 0 Å². The summed E-state index contributed by atoms with van der Waals surface area (Å²) in [4.78, 5) is 29.2. The number of hydrogen-bond donors (Lipinski definition) is 1. The first-order valence-electron chi connectivity index (χ1n) is 11.1. The molecule has 0 aromatic heterocycles. The van der Waals surface area contributed by atoms with Gasteiger partial charge in [-0.2, -0.15) is 0 Å². The minimum atomic E-state index is -0.228. The Hall–Kier alpha value is -3.71. The summed E-state index contributed by atoms with van der Waals surface area (Å²) in [7, 11) is 1.74. The van der Waals surface area contributed by atoms with Gasteiger partial charge in [-0.3, -0.25) is 9.59 Å². The first-order valence-corrected chi connectivity index (χ1v) is 11.9. The van der Waals surface area contributed by atoms with E-state index in [9.17, 15) is 9.59 Å². The van der Waals surface area contributed by atoms with E-state index in [-0.39, 0.29) is 17.9 Å². The van der Waals surface area contributed by atoms with Gasteiger partial charge in [-0.05, 0) is 54.5 Å². The van der Waals surface area contributed by atoms with Crippen molar-refractivity contribution in [3.05, 3.63) is 88.3 Å². The minimum Gasteiger partial charge on any atom is -0.486 e. The minimum absolute atomic E-state index is 0.0939. The number of anilines is 1. The molecule has 3 aromatic rings. The van der Waals surface area contributed by atoms with Gasteiger partial charge in [0.2, 0.25) is 0 Å². The highest BCUT2D eigenvalue weighted by atomic mass is 32.2. The van der Waals surface area contributed by atoms with Gasteiger partial charge in [-0.15, -0.1) is 0 Å². The third-order valence-corrected chi connectivity index (χ3v) is 6.91. The first kappa shape index (κ1) is 22.1. The van der Waals surface area contributed by atoms with E-state index in [0.29, 0.717) is 35.2 Å². The highest BCUT2D eigenvalue weighted by Gasteiger charge is 2.27. The number of likely N-dealkylation sites (N-methyl/N-ethyl adjacent to an activating group) is 1. The van der Waals surface area contributed by atoms with E-state index in [2.05, 4.69) is 5.32 Å². The van der Waals surface area contributed by atoms with Crippen LogP contribution >= 0.6 is 11.8 Å². The lowest BCUT2D eigenvalue weighted by atomic mass is 10.1. The van der Waals surface area contributed by atoms with Crippen LogP contribution in [-0.4, -0.2) is 32.1 Å². The molecule has 0 fully saturated rings. The van der Waals surface area contributed by atoms with Crippen LogP contribution in [0.15, 0.2) is 76.5 Å². The van der Waals surface area contributed by atoms with Gasteiger partial charge in [0.1, 0.15) is 13.2 Å². The van der Waals surface area contributed by atoms with E-state index in [1.807, 2.05) is 67.6 Å². The van der Waals surface area contributed by atoms with Gasteiger partial charge in [0.15, 0.2) is 11.5 Å². The molecule has 5 rings (SSSR count). The normalized spacial score (nSPS) is 16.7. The Balaban J connectivity index is 1.34. The second-order valence-electron chi connectivity index (χ2n) is 8.17. The number of fused-ring (bicyclic) bond motifs is 2. The number of ether oxygens (including phenoxy) is 2. The molecule has 0 saturated carbocycles. The summed E-state index contributed by atoms with van der Waals surface area (Å²) in [5.74, 6) is 1.11. The molecule has 2 heterocycles. The summed E-state index contributed by atoms with van der Waals surface area (Å²) in [6, 6.07) is 20.7. The number of thioether (sulfide) groups is 1. The molecule has 1 N–H and O–H groups in total. The van der Waals surface area contributed by atoms with Crippen LogP contribution in [-0.2, 0) is 4.79 Å². The van der Waals surface area contributed by atoms with Gasteiger partial charge >= 0.3 is 0 Å². The molecule has 2 aliphatic heterocycles. The van der Waals surface area contributed by atoms with Crippen molar-refractivity contribution in [1.82, 2.24) is 5.32 Å². The molecule has 6 nitrogen and oxygen atoms in total. The van der Waals surface area contributed by atoms with E-state index in [4.69, 9.17) is 9.47 Å². The quantitative estimate of drug-likeness (QED) is 0.538. The van der Waals surface area contributed by atoms with Crippen molar-refractivity contribution in [3.8, 4) is 11.5 Å². The molecular formula is C27H24N2O4S. The van der Waals surface area contributed by atoms with Crippen molar-refractivity contribution in [2.75, 3.05) is 25.2 Å². The number of amides is 2. The number of carbonyl (C=O) groups is 2. The molecule has 7 heteroatoms. The molecule has 2 amide bonds. The van der Waals surface area contributed by atoms with Crippen LogP contribution in [0, 0.1) is 0 Å². The average Bonchev–Trinajstić information content (AvgIpc) is 2.87. The van der Waals surface area contributed by atoms with Gasteiger partial charge < -0.3 is 19.7 Å². The molecule has 1 atom stereocenters. The van der Waals surface area contributed by atoms with Crippen LogP contribution in [0.25, 0.3) is 6.08 Å². The number of carbonyl (C=O) groups excluding carboxylic acids is 2. The molecule has 0 aliphatic carbocycles. The summed E-state index contributed by atoms with van der Waals surface area (Å²) in [5.41, 5.74) is 3.12. The SMILES string of the molecule is CC(NC(=O)c1ccc2c(c1)N(C)C(=O)/C(=C\c1ccccc1)S2)c1ccc2c(c1)OCCO2. The van der Waals surface area contributed by atoms with E-state index < -0.39 is 0 Å². The molecule has 3 aromatic carbocycles. The zero-order valence-corrected chi connectivity index (χ0v) is 19.7. The summed E-state index contributed by atoms with van der Waals surface area (Å²) >= 11 is 1.42. The Kier molecular flexibility index (Phi) is 6.02. The smallest absolute Gasteiger partial charge is 0.264 e. The maximum atomic E-state index is 13.0. The van der Waals surface area contributed by atoms with Crippen LogP contribution in [0.2, 0.25) is 0 Å². The monoisotopic (exact) mass is 472 g/mol. The van der Waals surface area contributed by atoms with Crippen LogP contribution < -0.4 is 19.7 Å². The zero-order valence-electron chi connectivity index (χ0n) is 18.9.